The monoisotopic (exact) mass is 389 g/mol. The molecular weight excluding hydrogens is 370 g/mol. The van der Waals surface area contributed by atoms with Crippen LogP contribution in [0.2, 0.25) is 0 Å². The van der Waals surface area contributed by atoms with Crippen molar-refractivity contribution in [2.75, 3.05) is 0 Å². The molecule has 28 heavy (non-hydrogen) atoms. The van der Waals surface area contributed by atoms with Gasteiger partial charge in [-0.05, 0) is 55.7 Å². The molecule has 1 aromatic carbocycles. The van der Waals surface area contributed by atoms with Crippen LogP contribution in [-0.2, 0) is 19.4 Å². The Bertz CT molecular complexity index is 1140. The lowest BCUT2D eigenvalue weighted by Gasteiger charge is -2.14. The molecule has 0 spiro atoms. The Morgan fingerprint density at radius 1 is 1.21 bits per heavy atom. The number of thiophene rings is 1. The number of nitrogens with one attached hydrogen (secondary N) is 1. The van der Waals surface area contributed by atoms with Gasteiger partial charge < -0.3 is 9.73 Å². The van der Waals surface area contributed by atoms with E-state index in [1.54, 1.807) is 17.6 Å². The quantitative estimate of drug-likeness (QED) is 0.558. The summed E-state index contributed by atoms with van der Waals surface area (Å²) in [5.41, 5.74) is 5.71. The predicted octanol–water partition coefficient (Wildman–Crippen LogP) is 4.53. The van der Waals surface area contributed by atoms with Crippen LogP contribution in [0.15, 0.2) is 59.2 Å². The third-order valence-corrected chi connectivity index (χ3v) is 6.24. The van der Waals surface area contributed by atoms with Crippen molar-refractivity contribution >= 4 is 17.2 Å². The number of amides is 1. The van der Waals surface area contributed by atoms with Gasteiger partial charge >= 0.3 is 0 Å². The van der Waals surface area contributed by atoms with Gasteiger partial charge in [-0.25, -0.2) is 4.68 Å². The molecule has 4 aromatic rings. The van der Waals surface area contributed by atoms with Gasteiger partial charge in [0.25, 0.3) is 5.91 Å². The summed E-state index contributed by atoms with van der Waals surface area (Å²) in [7, 11) is 0. The van der Waals surface area contributed by atoms with Crippen molar-refractivity contribution in [3.05, 3.63) is 82.4 Å². The Morgan fingerprint density at radius 2 is 2.07 bits per heavy atom. The third-order valence-electron chi connectivity index (χ3n) is 5.05. The molecule has 3 heterocycles. The maximum absolute atomic E-state index is 12.6. The Labute approximate surface area is 166 Å². The molecule has 1 aliphatic carbocycles. The summed E-state index contributed by atoms with van der Waals surface area (Å²) in [5, 5.41) is 7.73. The fraction of sp³-hybridized carbons (Fsp3) is 0.182. The van der Waals surface area contributed by atoms with E-state index in [2.05, 4.69) is 17.4 Å². The van der Waals surface area contributed by atoms with Crippen molar-refractivity contribution < 1.29 is 9.21 Å². The molecule has 0 saturated carbocycles. The van der Waals surface area contributed by atoms with E-state index >= 15 is 0 Å². The summed E-state index contributed by atoms with van der Waals surface area (Å²) in [6.07, 6.45) is 3.45. The van der Waals surface area contributed by atoms with Gasteiger partial charge in [0.15, 0.2) is 0 Å². The van der Waals surface area contributed by atoms with E-state index in [4.69, 9.17) is 9.52 Å². The summed E-state index contributed by atoms with van der Waals surface area (Å²) >= 11 is 1.55. The Hall–Kier alpha value is -3.12. The topological polar surface area (TPSA) is 60.1 Å². The van der Waals surface area contributed by atoms with E-state index in [0.29, 0.717) is 6.54 Å². The van der Waals surface area contributed by atoms with Crippen LogP contribution in [0.3, 0.4) is 0 Å². The number of aromatic nitrogens is 2. The zero-order valence-electron chi connectivity index (χ0n) is 15.4. The van der Waals surface area contributed by atoms with E-state index in [9.17, 15) is 4.79 Å². The van der Waals surface area contributed by atoms with E-state index < -0.39 is 0 Å². The number of carbonyl (C=O) groups excluding carboxylic acids is 1. The largest absolute Gasteiger partial charge is 0.467 e. The van der Waals surface area contributed by atoms with Crippen molar-refractivity contribution in [3.63, 3.8) is 0 Å². The summed E-state index contributed by atoms with van der Waals surface area (Å²) in [6.45, 7) is 2.44. The fourth-order valence-electron chi connectivity index (χ4n) is 3.74. The van der Waals surface area contributed by atoms with Gasteiger partial charge in [-0.2, -0.15) is 5.10 Å². The van der Waals surface area contributed by atoms with Crippen molar-refractivity contribution in [1.29, 1.82) is 0 Å². The van der Waals surface area contributed by atoms with Crippen LogP contribution in [0.1, 0.15) is 32.4 Å². The van der Waals surface area contributed by atoms with Gasteiger partial charge in [0.1, 0.15) is 5.76 Å². The van der Waals surface area contributed by atoms with Crippen LogP contribution in [0.4, 0.5) is 0 Å². The first-order chi connectivity index (χ1) is 13.7. The summed E-state index contributed by atoms with van der Waals surface area (Å²) in [6, 6.07) is 15.9. The molecule has 0 bridgehead atoms. The highest BCUT2D eigenvalue weighted by molar-refractivity contribution is 7.17. The first-order valence-corrected chi connectivity index (χ1v) is 10.1. The molecule has 1 amide bonds. The van der Waals surface area contributed by atoms with E-state index in [1.165, 1.54) is 21.7 Å². The molecule has 5 nitrogen and oxygen atoms in total. The lowest BCUT2D eigenvalue weighted by atomic mass is 9.95. The molecule has 0 aliphatic heterocycles. The van der Waals surface area contributed by atoms with Crippen LogP contribution in [0, 0.1) is 6.92 Å². The van der Waals surface area contributed by atoms with Crippen LogP contribution < -0.4 is 5.32 Å². The van der Waals surface area contributed by atoms with E-state index in [-0.39, 0.29) is 5.91 Å². The summed E-state index contributed by atoms with van der Waals surface area (Å²) in [5.74, 6) is 0.683. The van der Waals surface area contributed by atoms with Gasteiger partial charge in [0.05, 0.1) is 34.8 Å². The average molecular weight is 389 g/mol. The number of para-hydroxylation sites is 1. The smallest absolute Gasteiger partial charge is 0.261 e. The molecule has 6 heteroatoms. The molecule has 0 unspecified atom stereocenters. The Balaban J connectivity index is 1.47. The van der Waals surface area contributed by atoms with Gasteiger partial charge in [-0.15, -0.1) is 11.3 Å². The maximum atomic E-state index is 12.6. The molecule has 140 valence electrons. The Morgan fingerprint density at radius 3 is 2.86 bits per heavy atom. The molecular formula is C22H19N3O2S. The normalized spacial score (nSPS) is 12.5. The number of fused-ring (bicyclic) bond motifs is 3. The standard InChI is InChI=1S/C22H19N3O2S/c1-14-20-18(25(24-14)16-6-3-2-4-7-16)10-9-15-12-19(28-21(15)20)22(26)23-13-17-8-5-11-27-17/h2-8,11-12H,9-10,13H2,1H3,(H,23,26). The highest BCUT2D eigenvalue weighted by Gasteiger charge is 2.27. The van der Waals surface area contributed by atoms with E-state index in [0.717, 1.165) is 34.9 Å². The van der Waals surface area contributed by atoms with Crippen LogP contribution in [0.5, 0.6) is 0 Å². The van der Waals surface area contributed by atoms with Crippen molar-refractivity contribution in [2.24, 2.45) is 0 Å². The van der Waals surface area contributed by atoms with Gasteiger partial charge in [0, 0.05) is 10.4 Å². The van der Waals surface area contributed by atoms with Crippen molar-refractivity contribution in [1.82, 2.24) is 15.1 Å². The van der Waals surface area contributed by atoms with Crippen LogP contribution in [-0.4, -0.2) is 15.7 Å². The van der Waals surface area contributed by atoms with Gasteiger partial charge in [0.2, 0.25) is 0 Å². The van der Waals surface area contributed by atoms with Gasteiger partial charge in [-0.3, -0.25) is 4.79 Å². The highest BCUT2D eigenvalue weighted by Crippen LogP contribution is 2.42. The molecule has 3 aromatic heterocycles. The van der Waals surface area contributed by atoms with Gasteiger partial charge in [-0.1, -0.05) is 18.2 Å². The van der Waals surface area contributed by atoms with Crippen molar-refractivity contribution in [2.45, 2.75) is 26.3 Å². The lowest BCUT2D eigenvalue weighted by Crippen LogP contribution is -2.21. The first kappa shape index (κ1) is 17.0. The first-order valence-electron chi connectivity index (χ1n) is 9.28. The maximum Gasteiger partial charge on any atom is 0.261 e. The minimum atomic E-state index is -0.0644. The number of benzene rings is 1. The SMILES string of the molecule is Cc1nn(-c2ccccc2)c2c1-c1sc(C(=O)NCc3ccco3)cc1CC2. The second kappa shape index (κ2) is 6.80. The number of rotatable bonds is 4. The zero-order chi connectivity index (χ0) is 19.1. The number of aryl methyl sites for hydroxylation is 2. The predicted molar refractivity (Wildman–Crippen MR) is 109 cm³/mol. The second-order valence-electron chi connectivity index (χ2n) is 6.88. The lowest BCUT2D eigenvalue weighted by molar-refractivity contribution is 0.0952. The molecule has 1 aliphatic rings. The number of nitrogens with zero attached hydrogens (tertiary/aromatic N) is 2. The minimum Gasteiger partial charge on any atom is -0.467 e. The number of hydrogen-bond donors (Lipinski definition) is 1. The minimum absolute atomic E-state index is 0.0644. The highest BCUT2D eigenvalue weighted by atomic mass is 32.1. The molecule has 0 saturated heterocycles. The summed E-state index contributed by atoms with van der Waals surface area (Å²) in [4.78, 5) is 14.5. The summed E-state index contributed by atoms with van der Waals surface area (Å²) < 4.78 is 7.33. The molecule has 0 fully saturated rings. The van der Waals surface area contributed by atoms with Crippen LogP contribution >= 0.6 is 11.3 Å². The second-order valence-corrected chi connectivity index (χ2v) is 7.93. The molecule has 0 radical (unpaired) electrons. The van der Waals surface area contributed by atoms with Crippen molar-refractivity contribution in [3.8, 4) is 16.1 Å². The van der Waals surface area contributed by atoms with E-state index in [1.807, 2.05) is 48.0 Å². The zero-order valence-corrected chi connectivity index (χ0v) is 16.3. The molecule has 5 rings (SSSR count). The number of furan rings is 1. The number of hydrogen-bond acceptors (Lipinski definition) is 4. The molecule has 1 N–H and O–H groups in total. The van der Waals surface area contributed by atoms with Crippen LogP contribution in [0.25, 0.3) is 16.1 Å². The third kappa shape index (κ3) is 2.86. The fourth-order valence-corrected chi connectivity index (χ4v) is 4.99. The number of carbonyl (C=O) groups is 1. The average Bonchev–Trinajstić information content (AvgIpc) is 3.45. The molecule has 0 atom stereocenters. The Kier molecular flexibility index (Phi) is 4.13.